The number of carbonyl (C=O) groups excluding carboxylic acids is 3. The molecule has 0 aliphatic carbocycles. The summed E-state index contributed by atoms with van der Waals surface area (Å²) in [4.78, 5) is 36.9. The van der Waals surface area contributed by atoms with E-state index >= 15 is 0 Å². The molecule has 11 heteroatoms. The molecule has 28 heavy (non-hydrogen) atoms. The third-order valence-corrected chi connectivity index (χ3v) is 4.85. The number of tetrazole rings is 1. The summed E-state index contributed by atoms with van der Waals surface area (Å²) < 4.78 is 11.3. The number of rotatable bonds is 7. The molecule has 146 valence electrons. The van der Waals surface area contributed by atoms with E-state index in [1.807, 2.05) is 0 Å². The van der Waals surface area contributed by atoms with Crippen LogP contribution in [0.2, 0.25) is 0 Å². The number of aromatic nitrogens is 4. The van der Waals surface area contributed by atoms with Crippen molar-refractivity contribution in [2.75, 3.05) is 26.0 Å². The number of amides is 1. The Hall–Kier alpha value is -3.21. The van der Waals surface area contributed by atoms with E-state index < -0.39 is 11.9 Å². The van der Waals surface area contributed by atoms with Crippen LogP contribution in [0.15, 0.2) is 41.7 Å². The van der Waals surface area contributed by atoms with Crippen LogP contribution in [0.4, 0.5) is 0 Å². The number of hydrogen-bond donors (Lipinski definition) is 0. The molecule has 0 N–H and O–H groups in total. The zero-order chi connectivity index (χ0) is 19.9. The smallest absolute Gasteiger partial charge is 0.338 e. The van der Waals surface area contributed by atoms with E-state index in [1.165, 1.54) is 40.9 Å². The van der Waals surface area contributed by atoms with E-state index in [0.29, 0.717) is 23.6 Å². The highest BCUT2D eigenvalue weighted by atomic mass is 32.2. The molecule has 0 spiro atoms. The van der Waals surface area contributed by atoms with Crippen LogP contribution in [-0.2, 0) is 19.1 Å². The van der Waals surface area contributed by atoms with Crippen LogP contribution < -0.4 is 0 Å². The van der Waals surface area contributed by atoms with Crippen molar-refractivity contribution in [2.45, 2.75) is 6.42 Å². The summed E-state index contributed by atoms with van der Waals surface area (Å²) in [5.74, 6) is -0.796. The van der Waals surface area contributed by atoms with Crippen molar-refractivity contribution >= 4 is 29.6 Å². The molecule has 0 radical (unpaired) electrons. The lowest BCUT2D eigenvalue weighted by atomic mass is 10.2. The minimum Gasteiger partial charge on any atom is -0.466 e. The Morgan fingerprint density at radius 3 is 2.75 bits per heavy atom. The van der Waals surface area contributed by atoms with Gasteiger partial charge in [-0.25, -0.2) is 14.3 Å². The van der Waals surface area contributed by atoms with Gasteiger partial charge in [0.15, 0.2) is 0 Å². The van der Waals surface area contributed by atoms with Gasteiger partial charge in [0.05, 0.1) is 41.8 Å². The molecule has 2 heterocycles. The SMILES string of the molecule is COC(=O)/C=C1/SCC(=O)N1CCCOC(=O)c1ccc(-n2cnnn2)cc1. The molecule has 1 amide bonds. The summed E-state index contributed by atoms with van der Waals surface area (Å²) in [6, 6.07) is 6.66. The zero-order valence-electron chi connectivity index (χ0n) is 15.0. The quantitative estimate of drug-likeness (QED) is 0.376. The zero-order valence-corrected chi connectivity index (χ0v) is 15.8. The fourth-order valence-electron chi connectivity index (χ4n) is 2.43. The summed E-state index contributed by atoms with van der Waals surface area (Å²) >= 11 is 1.28. The van der Waals surface area contributed by atoms with Gasteiger partial charge in [-0.2, -0.15) is 0 Å². The van der Waals surface area contributed by atoms with Gasteiger partial charge in [-0.15, -0.1) is 5.10 Å². The van der Waals surface area contributed by atoms with Crippen molar-refractivity contribution in [3.05, 3.63) is 47.3 Å². The Labute approximate surface area is 164 Å². The van der Waals surface area contributed by atoms with Crippen molar-refractivity contribution in [2.24, 2.45) is 0 Å². The maximum atomic E-state index is 12.1. The first-order valence-electron chi connectivity index (χ1n) is 8.32. The molecule has 1 aromatic carbocycles. The van der Waals surface area contributed by atoms with E-state index in [0.717, 1.165) is 5.69 Å². The van der Waals surface area contributed by atoms with Crippen LogP contribution in [0.5, 0.6) is 0 Å². The second kappa shape index (κ2) is 9.13. The van der Waals surface area contributed by atoms with Gasteiger partial charge in [0, 0.05) is 6.54 Å². The molecule has 2 aromatic rings. The number of esters is 2. The van der Waals surface area contributed by atoms with Crippen molar-refractivity contribution < 1.29 is 23.9 Å². The number of benzene rings is 1. The average molecular weight is 403 g/mol. The number of hydrogen-bond acceptors (Lipinski definition) is 9. The Balaban J connectivity index is 1.48. The first-order chi connectivity index (χ1) is 13.6. The lowest BCUT2D eigenvalue weighted by Gasteiger charge is -2.16. The minimum atomic E-state index is -0.515. The molecule has 0 saturated carbocycles. The predicted octanol–water partition coefficient (Wildman–Crippen LogP) is 0.799. The number of nitrogens with zero attached hydrogens (tertiary/aromatic N) is 5. The second-order valence-electron chi connectivity index (χ2n) is 5.63. The van der Waals surface area contributed by atoms with Gasteiger partial charge in [-0.05, 0) is 41.1 Å². The summed E-state index contributed by atoms with van der Waals surface area (Å²) in [5.41, 5.74) is 1.12. The Bertz CT molecular complexity index is 882. The first kappa shape index (κ1) is 19.5. The Morgan fingerprint density at radius 1 is 1.29 bits per heavy atom. The lowest BCUT2D eigenvalue weighted by Crippen LogP contribution is -2.27. The summed E-state index contributed by atoms with van der Waals surface area (Å²) in [6.07, 6.45) is 3.18. The molecule has 0 atom stereocenters. The Morgan fingerprint density at radius 2 is 2.07 bits per heavy atom. The molecule has 10 nitrogen and oxygen atoms in total. The highest BCUT2D eigenvalue weighted by molar-refractivity contribution is 8.04. The maximum absolute atomic E-state index is 12.1. The number of carbonyl (C=O) groups is 3. The first-order valence-corrected chi connectivity index (χ1v) is 9.30. The molecular weight excluding hydrogens is 386 g/mol. The van der Waals surface area contributed by atoms with E-state index in [1.54, 1.807) is 24.3 Å². The van der Waals surface area contributed by atoms with Crippen LogP contribution in [0, 0.1) is 0 Å². The monoisotopic (exact) mass is 403 g/mol. The van der Waals surface area contributed by atoms with Gasteiger partial charge < -0.3 is 14.4 Å². The lowest BCUT2D eigenvalue weighted by molar-refractivity contribution is -0.134. The minimum absolute atomic E-state index is 0.0929. The van der Waals surface area contributed by atoms with Crippen molar-refractivity contribution in [3.8, 4) is 5.69 Å². The van der Waals surface area contributed by atoms with Crippen molar-refractivity contribution in [3.63, 3.8) is 0 Å². The number of ether oxygens (including phenoxy) is 2. The standard InChI is InChI=1S/C17H17N5O5S/c1-26-16(24)9-15-21(14(23)10-28-15)7-2-8-27-17(25)12-3-5-13(6-4-12)22-11-18-19-20-22/h3-6,9,11H,2,7-8,10H2,1H3/b15-9+. The van der Waals surface area contributed by atoms with Crippen molar-refractivity contribution in [1.29, 1.82) is 0 Å². The molecule has 1 fully saturated rings. The Kier molecular flexibility index (Phi) is 6.37. The molecule has 0 bridgehead atoms. The van der Waals surface area contributed by atoms with Gasteiger partial charge >= 0.3 is 11.9 Å². The van der Waals surface area contributed by atoms with Gasteiger partial charge in [0.2, 0.25) is 5.91 Å². The van der Waals surface area contributed by atoms with Crippen LogP contribution in [0.3, 0.4) is 0 Å². The topological polar surface area (TPSA) is 117 Å². The fourth-order valence-corrected chi connectivity index (χ4v) is 3.39. The summed E-state index contributed by atoms with van der Waals surface area (Å²) in [5, 5.41) is 11.4. The van der Waals surface area contributed by atoms with Crippen molar-refractivity contribution in [1.82, 2.24) is 25.1 Å². The molecule has 1 aliphatic rings. The van der Waals surface area contributed by atoms with Crippen LogP contribution in [-0.4, -0.2) is 69.0 Å². The highest BCUT2D eigenvalue weighted by Crippen LogP contribution is 2.28. The van der Waals surface area contributed by atoms with Gasteiger partial charge in [-0.1, -0.05) is 11.8 Å². The van der Waals surface area contributed by atoms with Gasteiger partial charge in [0.1, 0.15) is 6.33 Å². The van der Waals surface area contributed by atoms with E-state index in [9.17, 15) is 14.4 Å². The van der Waals surface area contributed by atoms with Crippen LogP contribution in [0.25, 0.3) is 5.69 Å². The molecule has 1 aromatic heterocycles. The third kappa shape index (κ3) is 4.74. The number of thioether (sulfide) groups is 1. The van der Waals surface area contributed by atoms with E-state index in [4.69, 9.17) is 4.74 Å². The van der Waals surface area contributed by atoms with Crippen LogP contribution >= 0.6 is 11.8 Å². The third-order valence-electron chi connectivity index (χ3n) is 3.83. The normalized spacial score (nSPS) is 15.1. The molecule has 0 unspecified atom stereocenters. The van der Waals surface area contributed by atoms with E-state index in [-0.39, 0.29) is 18.3 Å². The van der Waals surface area contributed by atoms with Crippen LogP contribution in [0.1, 0.15) is 16.8 Å². The summed E-state index contributed by atoms with van der Waals surface area (Å²) in [6.45, 7) is 0.494. The average Bonchev–Trinajstić information content (AvgIpc) is 3.36. The molecular formula is C17H17N5O5S. The van der Waals surface area contributed by atoms with E-state index in [2.05, 4.69) is 20.3 Å². The van der Waals surface area contributed by atoms with Gasteiger partial charge in [-0.3, -0.25) is 4.79 Å². The molecule has 1 aliphatic heterocycles. The highest BCUT2D eigenvalue weighted by Gasteiger charge is 2.27. The van der Waals surface area contributed by atoms with Gasteiger partial charge in [0.25, 0.3) is 0 Å². The fraction of sp³-hybridized carbons (Fsp3) is 0.294. The molecule has 3 rings (SSSR count). The largest absolute Gasteiger partial charge is 0.466 e. The molecule has 1 saturated heterocycles. The second-order valence-corrected chi connectivity index (χ2v) is 6.63. The predicted molar refractivity (Wildman–Crippen MR) is 98.3 cm³/mol. The number of methoxy groups -OCH3 is 1. The maximum Gasteiger partial charge on any atom is 0.338 e. The summed E-state index contributed by atoms with van der Waals surface area (Å²) in [7, 11) is 1.28.